The van der Waals surface area contributed by atoms with Crippen molar-refractivity contribution in [2.75, 3.05) is 12.3 Å². The van der Waals surface area contributed by atoms with Crippen molar-refractivity contribution in [2.24, 2.45) is 0 Å². The van der Waals surface area contributed by atoms with E-state index in [1.54, 1.807) is 6.07 Å². The molecule has 1 aliphatic heterocycles. The number of aliphatic hydroxyl groups is 3. The maximum Gasteiger partial charge on any atom is 0.151 e. The summed E-state index contributed by atoms with van der Waals surface area (Å²) in [4.78, 5) is 11.0. The lowest BCUT2D eigenvalue weighted by atomic mass is 10.1. The summed E-state index contributed by atoms with van der Waals surface area (Å²) in [6.07, 6.45) is -0.677. The Kier molecular flexibility index (Phi) is 2.86. The monoisotopic (exact) mass is 265 g/mol. The highest BCUT2D eigenvalue weighted by molar-refractivity contribution is 5.85. The van der Waals surface area contributed by atoms with Gasteiger partial charge in [0.15, 0.2) is 5.82 Å². The van der Waals surface area contributed by atoms with Crippen LogP contribution >= 0.6 is 0 Å². The molecule has 0 saturated carbocycles. The van der Waals surface area contributed by atoms with Gasteiger partial charge in [0.05, 0.1) is 30.3 Å². The van der Waals surface area contributed by atoms with E-state index in [0.29, 0.717) is 22.5 Å². The third-order valence-corrected chi connectivity index (χ3v) is 3.50. The molecule has 3 heterocycles. The SMILES string of the molecule is Nc1ncnc2cc(C3NC(CO)[C@@H](O)[C@H]3O)[nH]c12. The molecular formula is C11H15N5O3. The van der Waals surface area contributed by atoms with Crippen LogP contribution in [-0.2, 0) is 0 Å². The molecule has 0 amide bonds. The Morgan fingerprint density at radius 1 is 1.26 bits per heavy atom. The second kappa shape index (κ2) is 4.42. The molecule has 0 radical (unpaired) electrons. The van der Waals surface area contributed by atoms with Crippen molar-refractivity contribution in [1.82, 2.24) is 20.3 Å². The van der Waals surface area contributed by atoms with Gasteiger partial charge in [-0.15, -0.1) is 0 Å². The first-order valence-corrected chi connectivity index (χ1v) is 5.94. The fourth-order valence-electron chi connectivity index (χ4n) is 2.44. The summed E-state index contributed by atoms with van der Waals surface area (Å²) in [7, 11) is 0. The number of nitrogen functional groups attached to an aromatic ring is 1. The predicted molar refractivity (Wildman–Crippen MR) is 67.1 cm³/mol. The van der Waals surface area contributed by atoms with Crippen molar-refractivity contribution < 1.29 is 15.3 Å². The van der Waals surface area contributed by atoms with Gasteiger partial charge in [0.25, 0.3) is 0 Å². The van der Waals surface area contributed by atoms with E-state index in [1.807, 2.05) is 0 Å². The first kappa shape index (κ1) is 12.3. The molecule has 0 aliphatic carbocycles. The number of nitrogens with two attached hydrogens (primary N) is 1. The molecular weight excluding hydrogens is 250 g/mol. The highest BCUT2D eigenvalue weighted by atomic mass is 16.3. The zero-order valence-corrected chi connectivity index (χ0v) is 9.98. The Hall–Kier alpha value is -1.74. The van der Waals surface area contributed by atoms with Gasteiger partial charge in [-0.05, 0) is 6.07 Å². The fourth-order valence-corrected chi connectivity index (χ4v) is 2.44. The molecule has 8 heteroatoms. The number of rotatable bonds is 2. The summed E-state index contributed by atoms with van der Waals surface area (Å²) >= 11 is 0. The van der Waals surface area contributed by atoms with Crippen LogP contribution in [0.4, 0.5) is 5.82 Å². The third-order valence-electron chi connectivity index (χ3n) is 3.50. The summed E-state index contributed by atoms with van der Waals surface area (Å²) in [6.45, 7) is -0.253. The Morgan fingerprint density at radius 2 is 2.05 bits per heavy atom. The molecule has 7 N–H and O–H groups in total. The number of nitrogens with one attached hydrogen (secondary N) is 2. The average Bonchev–Trinajstić information content (AvgIpc) is 2.94. The molecule has 2 unspecified atom stereocenters. The van der Waals surface area contributed by atoms with Crippen molar-refractivity contribution in [3.63, 3.8) is 0 Å². The Bertz CT molecular complexity index is 601. The number of aromatic nitrogens is 3. The molecule has 2 aromatic heterocycles. The smallest absolute Gasteiger partial charge is 0.151 e. The van der Waals surface area contributed by atoms with Gasteiger partial charge in [-0.2, -0.15) is 0 Å². The molecule has 8 nitrogen and oxygen atoms in total. The van der Waals surface area contributed by atoms with E-state index in [-0.39, 0.29) is 6.61 Å². The van der Waals surface area contributed by atoms with Gasteiger partial charge < -0.3 is 26.0 Å². The van der Waals surface area contributed by atoms with Gasteiger partial charge in [-0.1, -0.05) is 0 Å². The van der Waals surface area contributed by atoms with Gasteiger partial charge in [-0.3, -0.25) is 5.32 Å². The van der Waals surface area contributed by atoms with Crippen LogP contribution in [-0.4, -0.2) is 55.1 Å². The lowest BCUT2D eigenvalue weighted by Gasteiger charge is -2.14. The lowest BCUT2D eigenvalue weighted by molar-refractivity contribution is 0.0191. The van der Waals surface area contributed by atoms with Gasteiger partial charge in [0.2, 0.25) is 0 Å². The highest BCUT2D eigenvalue weighted by Crippen LogP contribution is 2.29. The molecule has 0 spiro atoms. The fraction of sp³-hybridized carbons (Fsp3) is 0.455. The van der Waals surface area contributed by atoms with E-state index in [2.05, 4.69) is 20.3 Å². The van der Waals surface area contributed by atoms with Crippen molar-refractivity contribution in [2.45, 2.75) is 24.3 Å². The molecule has 1 fully saturated rings. The molecule has 19 heavy (non-hydrogen) atoms. The Balaban J connectivity index is 1.99. The van der Waals surface area contributed by atoms with E-state index in [4.69, 9.17) is 10.8 Å². The summed E-state index contributed by atoms with van der Waals surface area (Å²) in [5.74, 6) is 0.322. The van der Waals surface area contributed by atoms with Gasteiger partial charge in [-0.25, -0.2) is 9.97 Å². The zero-order chi connectivity index (χ0) is 13.6. The first-order chi connectivity index (χ1) is 9.11. The van der Waals surface area contributed by atoms with Crippen molar-refractivity contribution in [1.29, 1.82) is 0 Å². The molecule has 1 aliphatic rings. The molecule has 102 valence electrons. The highest BCUT2D eigenvalue weighted by Gasteiger charge is 2.42. The second-order valence-electron chi connectivity index (χ2n) is 4.66. The standard InChI is InChI=1S/C11H15N5O3/c12-11-8-4(13-3-14-11)1-5(15-8)7-10(19)9(18)6(2-17)16-7/h1,3,6-7,9-10,15-19H,2H2,(H2,12,13,14)/t6?,7?,9-,10+/m1/s1. The molecule has 4 atom stereocenters. The lowest BCUT2D eigenvalue weighted by Crippen LogP contribution is -2.35. The van der Waals surface area contributed by atoms with Gasteiger partial charge in [0.1, 0.15) is 17.9 Å². The van der Waals surface area contributed by atoms with Gasteiger partial charge >= 0.3 is 0 Å². The maximum atomic E-state index is 10.00. The van der Waals surface area contributed by atoms with E-state index in [9.17, 15) is 10.2 Å². The predicted octanol–water partition coefficient (Wildman–Crippen LogP) is -1.73. The second-order valence-corrected chi connectivity index (χ2v) is 4.66. The summed E-state index contributed by atoms with van der Waals surface area (Å²) < 4.78 is 0. The molecule has 2 aromatic rings. The van der Waals surface area contributed by atoms with Gasteiger partial charge in [0, 0.05) is 5.69 Å². The Labute approximate surface area is 108 Å². The maximum absolute atomic E-state index is 10.00. The van der Waals surface area contributed by atoms with E-state index in [0.717, 1.165) is 0 Å². The first-order valence-electron chi connectivity index (χ1n) is 5.94. The number of anilines is 1. The molecule has 0 aromatic carbocycles. The number of aromatic amines is 1. The minimum Gasteiger partial charge on any atom is -0.395 e. The molecule has 0 bridgehead atoms. The topological polar surface area (TPSA) is 140 Å². The van der Waals surface area contributed by atoms with E-state index >= 15 is 0 Å². The number of H-pyrrole nitrogens is 1. The van der Waals surface area contributed by atoms with Crippen molar-refractivity contribution in [3.8, 4) is 0 Å². The van der Waals surface area contributed by atoms with Crippen LogP contribution < -0.4 is 11.1 Å². The number of hydrogen-bond donors (Lipinski definition) is 6. The van der Waals surface area contributed by atoms with Crippen LogP contribution in [0.25, 0.3) is 11.0 Å². The van der Waals surface area contributed by atoms with Crippen LogP contribution in [0.2, 0.25) is 0 Å². The minimum atomic E-state index is -1.02. The van der Waals surface area contributed by atoms with Crippen LogP contribution in [0.15, 0.2) is 12.4 Å². The number of fused-ring (bicyclic) bond motifs is 1. The van der Waals surface area contributed by atoms with Crippen LogP contribution in [0, 0.1) is 0 Å². The summed E-state index contributed by atoms with van der Waals surface area (Å²) in [5.41, 5.74) is 7.60. The van der Waals surface area contributed by atoms with E-state index in [1.165, 1.54) is 6.33 Å². The van der Waals surface area contributed by atoms with Crippen molar-refractivity contribution >= 4 is 16.9 Å². The third kappa shape index (κ3) is 1.85. The molecule has 1 saturated heterocycles. The molecule has 3 rings (SSSR count). The number of aliphatic hydroxyl groups excluding tert-OH is 3. The summed E-state index contributed by atoms with van der Waals surface area (Å²) in [5, 5.41) is 31.9. The minimum absolute atomic E-state index is 0.253. The normalized spacial score (nSPS) is 31.1. The number of hydrogen-bond acceptors (Lipinski definition) is 7. The summed E-state index contributed by atoms with van der Waals surface area (Å²) in [6, 6.07) is 0.663. The van der Waals surface area contributed by atoms with Crippen LogP contribution in [0.1, 0.15) is 11.7 Å². The number of nitrogens with zero attached hydrogens (tertiary/aromatic N) is 2. The Morgan fingerprint density at radius 3 is 2.68 bits per heavy atom. The quantitative estimate of drug-likeness (QED) is 0.379. The largest absolute Gasteiger partial charge is 0.395 e. The van der Waals surface area contributed by atoms with E-state index < -0.39 is 24.3 Å². The van der Waals surface area contributed by atoms with Crippen LogP contribution in [0.5, 0.6) is 0 Å². The average molecular weight is 265 g/mol. The zero-order valence-electron chi connectivity index (χ0n) is 9.98. The van der Waals surface area contributed by atoms with Crippen LogP contribution in [0.3, 0.4) is 0 Å². The van der Waals surface area contributed by atoms with Crippen molar-refractivity contribution in [3.05, 3.63) is 18.1 Å².